The summed E-state index contributed by atoms with van der Waals surface area (Å²) < 4.78 is 5.63. The van der Waals surface area contributed by atoms with E-state index in [-0.39, 0.29) is 18.1 Å². The minimum atomic E-state index is 0.0533. The second-order valence-electron chi connectivity index (χ2n) is 6.21. The van der Waals surface area contributed by atoms with Crippen molar-refractivity contribution in [3.63, 3.8) is 0 Å². The number of aliphatic hydroxyl groups excluding tert-OH is 1. The Morgan fingerprint density at radius 3 is 2.55 bits per heavy atom. The van der Waals surface area contributed by atoms with E-state index in [0.29, 0.717) is 18.7 Å². The molecular weight excluding hydrogens is 252 g/mol. The minimum absolute atomic E-state index is 0.0533. The summed E-state index contributed by atoms with van der Waals surface area (Å²) in [5.41, 5.74) is 7.59. The van der Waals surface area contributed by atoms with Gasteiger partial charge >= 0.3 is 0 Å². The van der Waals surface area contributed by atoms with Gasteiger partial charge in [0.15, 0.2) is 0 Å². The van der Waals surface area contributed by atoms with Crippen molar-refractivity contribution in [2.75, 3.05) is 24.3 Å². The maximum absolute atomic E-state index is 9.21. The standard InChI is InChI=1S/C16H28N2O2/c1-5-8-20-14-10-12(17)9-13(11-14)18-15(6-7-19)16(2,3)4/h9-11,15,18-19H,5-8,17H2,1-4H3. The van der Waals surface area contributed by atoms with Crippen LogP contribution in [-0.2, 0) is 0 Å². The monoisotopic (exact) mass is 280 g/mol. The Morgan fingerprint density at radius 1 is 1.30 bits per heavy atom. The fraction of sp³-hybridized carbons (Fsp3) is 0.625. The lowest BCUT2D eigenvalue weighted by atomic mass is 9.85. The first-order valence-electron chi connectivity index (χ1n) is 7.27. The third-order valence-corrected chi connectivity index (χ3v) is 3.21. The molecule has 0 aliphatic rings. The summed E-state index contributed by atoms with van der Waals surface area (Å²) in [6, 6.07) is 5.86. The van der Waals surface area contributed by atoms with Gasteiger partial charge in [0.1, 0.15) is 5.75 Å². The van der Waals surface area contributed by atoms with Crippen molar-refractivity contribution in [2.24, 2.45) is 5.41 Å². The molecule has 1 aromatic rings. The fourth-order valence-corrected chi connectivity index (χ4v) is 2.06. The van der Waals surface area contributed by atoms with Gasteiger partial charge in [-0.3, -0.25) is 0 Å². The van der Waals surface area contributed by atoms with Crippen molar-refractivity contribution in [3.8, 4) is 5.75 Å². The highest BCUT2D eigenvalue weighted by Crippen LogP contribution is 2.29. The molecule has 0 heterocycles. The Morgan fingerprint density at radius 2 is 2.00 bits per heavy atom. The molecule has 0 bridgehead atoms. The Labute approximate surface area is 122 Å². The minimum Gasteiger partial charge on any atom is -0.493 e. The van der Waals surface area contributed by atoms with E-state index in [1.54, 1.807) is 0 Å². The normalized spacial score (nSPS) is 13.1. The Kier molecular flexibility index (Phi) is 6.14. The van der Waals surface area contributed by atoms with Gasteiger partial charge in [0.25, 0.3) is 0 Å². The summed E-state index contributed by atoms with van der Waals surface area (Å²) in [5, 5.41) is 12.7. The number of hydrogen-bond acceptors (Lipinski definition) is 4. The molecule has 0 amide bonds. The lowest BCUT2D eigenvalue weighted by Gasteiger charge is -2.32. The highest BCUT2D eigenvalue weighted by molar-refractivity contribution is 5.59. The molecule has 20 heavy (non-hydrogen) atoms. The zero-order valence-corrected chi connectivity index (χ0v) is 13.1. The summed E-state index contributed by atoms with van der Waals surface area (Å²) in [6.07, 6.45) is 1.66. The number of rotatable bonds is 7. The van der Waals surface area contributed by atoms with Gasteiger partial charge in [0, 0.05) is 36.2 Å². The largest absolute Gasteiger partial charge is 0.493 e. The highest BCUT2D eigenvalue weighted by atomic mass is 16.5. The summed E-state index contributed by atoms with van der Waals surface area (Å²) in [5.74, 6) is 0.783. The number of ether oxygens (including phenoxy) is 1. The fourth-order valence-electron chi connectivity index (χ4n) is 2.06. The van der Waals surface area contributed by atoms with Crippen molar-refractivity contribution >= 4 is 11.4 Å². The second kappa shape index (κ2) is 7.39. The number of anilines is 2. The zero-order chi connectivity index (χ0) is 15.2. The predicted octanol–water partition coefficient (Wildman–Crippen LogP) is 3.27. The topological polar surface area (TPSA) is 67.5 Å². The molecule has 0 radical (unpaired) electrons. The molecule has 0 saturated heterocycles. The van der Waals surface area contributed by atoms with Gasteiger partial charge in [0.2, 0.25) is 0 Å². The molecule has 4 N–H and O–H groups in total. The van der Waals surface area contributed by atoms with E-state index in [1.807, 2.05) is 18.2 Å². The van der Waals surface area contributed by atoms with Crippen molar-refractivity contribution in [1.82, 2.24) is 0 Å². The van der Waals surface area contributed by atoms with Crippen molar-refractivity contribution in [3.05, 3.63) is 18.2 Å². The van der Waals surface area contributed by atoms with Crippen LogP contribution in [0, 0.1) is 5.41 Å². The molecule has 0 aliphatic carbocycles. The molecule has 0 aromatic heterocycles. The first-order chi connectivity index (χ1) is 9.36. The molecule has 0 fully saturated rings. The smallest absolute Gasteiger partial charge is 0.123 e. The third kappa shape index (κ3) is 5.29. The Bertz CT molecular complexity index is 413. The molecule has 1 aromatic carbocycles. The molecule has 0 saturated carbocycles. The quantitative estimate of drug-likeness (QED) is 0.671. The molecule has 4 nitrogen and oxygen atoms in total. The molecule has 0 aliphatic heterocycles. The number of nitrogens with one attached hydrogen (secondary N) is 1. The molecule has 1 atom stereocenters. The summed E-state index contributed by atoms with van der Waals surface area (Å²) >= 11 is 0. The number of nitrogen functional groups attached to an aromatic ring is 1. The first kappa shape index (κ1) is 16.6. The van der Waals surface area contributed by atoms with E-state index in [0.717, 1.165) is 17.9 Å². The molecule has 114 valence electrons. The average molecular weight is 280 g/mol. The van der Waals surface area contributed by atoms with Crippen molar-refractivity contribution < 1.29 is 9.84 Å². The molecular formula is C16H28N2O2. The van der Waals surface area contributed by atoms with Crippen LogP contribution in [0.3, 0.4) is 0 Å². The number of nitrogens with two attached hydrogens (primary N) is 1. The molecule has 4 heteroatoms. The molecule has 1 unspecified atom stereocenters. The maximum atomic E-state index is 9.21. The average Bonchev–Trinajstić information content (AvgIpc) is 2.34. The van der Waals surface area contributed by atoms with Crippen molar-refractivity contribution in [1.29, 1.82) is 0 Å². The van der Waals surface area contributed by atoms with E-state index in [1.165, 1.54) is 0 Å². The van der Waals surface area contributed by atoms with E-state index in [2.05, 4.69) is 33.0 Å². The van der Waals surface area contributed by atoms with Crippen LogP contribution < -0.4 is 15.8 Å². The zero-order valence-electron chi connectivity index (χ0n) is 13.1. The maximum Gasteiger partial charge on any atom is 0.123 e. The van der Waals surface area contributed by atoms with E-state index in [4.69, 9.17) is 10.5 Å². The lowest BCUT2D eigenvalue weighted by Crippen LogP contribution is -2.34. The van der Waals surface area contributed by atoms with Crippen LogP contribution >= 0.6 is 0 Å². The second-order valence-corrected chi connectivity index (χ2v) is 6.21. The highest BCUT2D eigenvalue weighted by Gasteiger charge is 2.24. The van der Waals surface area contributed by atoms with E-state index >= 15 is 0 Å². The van der Waals surface area contributed by atoms with E-state index in [9.17, 15) is 5.11 Å². The third-order valence-electron chi connectivity index (χ3n) is 3.21. The Hall–Kier alpha value is -1.42. The van der Waals surface area contributed by atoms with Crippen LogP contribution in [-0.4, -0.2) is 24.4 Å². The van der Waals surface area contributed by atoms with Crippen LogP contribution in [0.15, 0.2) is 18.2 Å². The van der Waals surface area contributed by atoms with Crippen molar-refractivity contribution in [2.45, 2.75) is 46.6 Å². The van der Waals surface area contributed by atoms with Gasteiger partial charge in [-0.1, -0.05) is 27.7 Å². The summed E-state index contributed by atoms with van der Waals surface area (Å²) in [6.45, 7) is 9.38. The van der Waals surface area contributed by atoms with Gasteiger partial charge < -0.3 is 20.9 Å². The predicted molar refractivity (Wildman–Crippen MR) is 85.2 cm³/mol. The molecule has 0 spiro atoms. The van der Waals surface area contributed by atoms with Gasteiger partial charge in [-0.15, -0.1) is 0 Å². The first-order valence-corrected chi connectivity index (χ1v) is 7.27. The molecule has 1 rings (SSSR count). The van der Waals surface area contributed by atoms with Crippen LogP contribution in [0.1, 0.15) is 40.5 Å². The van der Waals surface area contributed by atoms with Gasteiger partial charge in [-0.25, -0.2) is 0 Å². The number of benzene rings is 1. The lowest BCUT2D eigenvalue weighted by molar-refractivity contribution is 0.235. The van der Waals surface area contributed by atoms with Gasteiger partial charge in [-0.2, -0.15) is 0 Å². The van der Waals surface area contributed by atoms with Gasteiger partial charge in [-0.05, 0) is 24.3 Å². The van der Waals surface area contributed by atoms with Crippen LogP contribution in [0.4, 0.5) is 11.4 Å². The van der Waals surface area contributed by atoms with E-state index < -0.39 is 0 Å². The van der Waals surface area contributed by atoms with Gasteiger partial charge in [0.05, 0.1) is 6.61 Å². The van der Waals surface area contributed by atoms with Crippen LogP contribution in [0.25, 0.3) is 0 Å². The van der Waals surface area contributed by atoms with Crippen LogP contribution in [0.5, 0.6) is 5.75 Å². The summed E-state index contributed by atoms with van der Waals surface area (Å²) in [4.78, 5) is 0. The number of hydrogen-bond donors (Lipinski definition) is 3. The van der Waals surface area contributed by atoms with Crippen LogP contribution in [0.2, 0.25) is 0 Å². The number of aliphatic hydroxyl groups is 1. The summed E-state index contributed by atoms with van der Waals surface area (Å²) in [7, 11) is 0. The Balaban J connectivity index is 2.86. The SMILES string of the molecule is CCCOc1cc(N)cc(NC(CCO)C(C)(C)C)c1.